The SMILES string of the molecule is O=C(c1ccc(Sc2ccccc2)c(OS)c1)c1ccc(Sc2ccccc2)c(S(=O)O)c1. The molecule has 0 fully saturated rings. The molecule has 0 saturated carbocycles. The first-order chi connectivity index (χ1) is 16.0. The zero-order valence-electron chi connectivity index (χ0n) is 17.1. The van der Waals surface area contributed by atoms with Crippen molar-refractivity contribution in [1.82, 2.24) is 0 Å². The number of carbonyl (C=O) groups is 1. The first-order valence-corrected chi connectivity index (χ1v) is 12.9. The van der Waals surface area contributed by atoms with E-state index in [0.29, 0.717) is 21.8 Å². The highest BCUT2D eigenvalue weighted by molar-refractivity contribution is 8.00. The molecule has 0 aliphatic carbocycles. The highest BCUT2D eigenvalue weighted by Crippen LogP contribution is 2.37. The maximum atomic E-state index is 13.2. The van der Waals surface area contributed by atoms with Crippen LogP contribution >= 0.6 is 36.4 Å². The van der Waals surface area contributed by atoms with Crippen LogP contribution in [0.2, 0.25) is 0 Å². The van der Waals surface area contributed by atoms with E-state index in [4.69, 9.17) is 4.18 Å². The molecule has 0 bridgehead atoms. The van der Waals surface area contributed by atoms with E-state index in [1.165, 1.54) is 29.6 Å². The van der Waals surface area contributed by atoms with Crippen molar-refractivity contribution in [2.24, 2.45) is 0 Å². The van der Waals surface area contributed by atoms with Crippen molar-refractivity contribution >= 4 is 53.3 Å². The van der Waals surface area contributed by atoms with Gasteiger partial charge in [-0.25, -0.2) is 4.21 Å². The molecule has 8 heteroatoms. The fourth-order valence-electron chi connectivity index (χ4n) is 3.07. The average molecular weight is 511 g/mol. The molecule has 4 rings (SSSR count). The zero-order chi connectivity index (χ0) is 23.2. The summed E-state index contributed by atoms with van der Waals surface area (Å²) in [4.78, 5) is 16.7. The van der Waals surface area contributed by atoms with Gasteiger partial charge in [-0.2, -0.15) is 0 Å². The molecule has 0 aliphatic rings. The summed E-state index contributed by atoms with van der Waals surface area (Å²) in [5, 5.41) is 0. The number of hydrogen-bond donors (Lipinski definition) is 2. The Balaban J connectivity index is 1.62. The van der Waals surface area contributed by atoms with Crippen LogP contribution in [0.5, 0.6) is 5.75 Å². The summed E-state index contributed by atoms with van der Waals surface area (Å²) in [7, 11) is 0. The molecule has 1 atom stereocenters. The molecule has 0 radical (unpaired) electrons. The van der Waals surface area contributed by atoms with E-state index in [9.17, 15) is 13.6 Å². The molecule has 4 aromatic carbocycles. The van der Waals surface area contributed by atoms with Crippen molar-refractivity contribution in [3.05, 3.63) is 108 Å². The number of carbonyl (C=O) groups excluding carboxylic acids is 1. The quantitative estimate of drug-likeness (QED) is 0.115. The Bertz CT molecular complexity index is 1290. The van der Waals surface area contributed by atoms with Gasteiger partial charge in [0.1, 0.15) is 0 Å². The maximum absolute atomic E-state index is 13.2. The van der Waals surface area contributed by atoms with Crippen molar-refractivity contribution in [3.63, 3.8) is 0 Å². The van der Waals surface area contributed by atoms with E-state index in [0.717, 1.165) is 14.7 Å². The van der Waals surface area contributed by atoms with Gasteiger partial charge in [0.15, 0.2) is 22.6 Å². The van der Waals surface area contributed by atoms with E-state index in [1.807, 2.05) is 60.7 Å². The lowest BCUT2D eigenvalue weighted by molar-refractivity contribution is 0.103. The van der Waals surface area contributed by atoms with Gasteiger partial charge in [0.2, 0.25) is 0 Å². The lowest BCUT2D eigenvalue weighted by Gasteiger charge is -2.11. The average Bonchev–Trinajstić information content (AvgIpc) is 2.85. The third-order valence-electron chi connectivity index (χ3n) is 4.64. The monoisotopic (exact) mass is 510 g/mol. The van der Waals surface area contributed by atoms with Crippen LogP contribution < -0.4 is 4.18 Å². The topological polar surface area (TPSA) is 63.6 Å². The number of thiol groups is 1. The van der Waals surface area contributed by atoms with E-state index in [1.54, 1.807) is 30.3 Å². The lowest BCUT2D eigenvalue weighted by atomic mass is 10.0. The van der Waals surface area contributed by atoms with Gasteiger partial charge < -0.3 is 8.74 Å². The van der Waals surface area contributed by atoms with Crippen molar-refractivity contribution in [2.75, 3.05) is 0 Å². The van der Waals surface area contributed by atoms with E-state index in [2.05, 4.69) is 12.9 Å². The second-order valence-corrected chi connectivity index (χ2v) is 10.2. The Kier molecular flexibility index (Phi) is 7.95. The molecule has 4 aromatic rings. The Morgan fingerprint density at radius 3 is 1.82 bits per heavy atom. The Labute approximate surface area is 208 Å². The summed E-state index contributed by atoms with van der Waals surface area (Å²) in [6.45, 7) is 0. The molecule has 0 aromatic heterocycles. The van der Waals surface area contributed by atoms with Crippen LogP contribution in [-0.4, -0.2) is 14.5 Å². The molecule has 1 unspecified atom stereocenters. The first kappa shape index (κ1) is 23.7. The smallest absolute Gasteiger partial charge is 0.193 e. The van der Waals surface area contributed by atoms with E-state index in [-0.39, 0.29) is 10.7 Å². The molecule has 0 aliphatic heterocycles. The summed E-state index contributed by atoms with van der Waals surface area (Å²) in [6.07, 6.45) is 0. The van der Waals surface area contributed by atoms with Crippen LogP contribution in [0.15, 0.2) is 122 Å². The van der Waals surface area contributed by atoms with Gasteiger partial charge >= 0.3 is 0 Å². The van der Waals surface area contributed by atoms with Gasteiger partial charge in [-0.05, 0) is 60.7 Å². The largest absolute Gasteiger partial charge is 0.428 e. The van der Waals surface area contributed by atoms with Gasteiger partial charge in [0.05, 0.1) is 9.79 Å². The Hall–Kier alpha value is -2.49. The second kappa shape index (κ2) is 11.1. The second-order valence-electron chi connectivity index (χ2n) is 6.82. The standard InChI is InChI=1S/C25H18O4S4/c26-25(17-11-13-22(21(15-17)29-30)31-19-7-3-1-4-8-19)18-12-14-23(24(16-18)33(27)28)32-20-9-5-2-6-10-20/h1-16,30H,(H,27,28). The minimum Gasteiger partial charge on any atom is -0.428 e. The third-order valence-corrected chi connectivity index (χ3v) is 7.83. The van der Waals surface area contributed by atoms with Crippen LogP contribution in [0.25, 0.3) is 0 Å². The van der Waals surface area contributed by atoms with Gasteiger partial charge in [-0.1, -0.05) is 59.9 Å². The fraction of sp³-hybridized carbons (Fsp3) is 0. The number of ketones is 1. The first-order valence-electron chi connectivity index (χ1n) is 9.76. The van der Waals surface area contributed by atoms with Crippen LogP contribution in [0, 0.1) is 0 Å². The van der Waals surface area contributed by atoms with E-state index >= 15 is 0 Å². The van der Waals surface area contributed by atoms with Crippen molar-refractivity contribution in [2.45, 2.75) is 24.5 Å². The predicted octanol–water partition coefficient (Wildman–Crippen LogP) is 7.02. The van der Waals surface area contributed by atoms with Crippen LogP contribution in [0.1, 0.15) is 15.9 Å². The zero-order valence-corrected chi connectivity index (χ0v) is 20.4. The number of rotatable bonds is 8. The molecule has 166 valence electrons. The molecular formula is C25H18O4S4. The highest BCUT2D eigenvalue weighted by Gasteiger charge is 2.17. The van der Waals surface area contributed by atoms with Crippen LogP contribution in [-0.2, 0) is 11.1 Å². The van der Waals surface area contributed by atoms with Crippen molar-refractivity contribution < 1.29 is 17.7 Å². The summed E-state index contributed by atoms with van der Waals surface area (Å²) in [5.41, 5.74) is 0.716. The molecule has 0 saturated heterocycles. The maximum Gasteiger partial charge on any atom is 0.193 e. The molecule has 0 amide bonds. The predicted molar refractivity (Wildman–Crippen MR) is 136 cm³/mol. The molecule has 1 N–H and O–H groups in total. The molecule has 0 spiro atoms. The Morgan fingerprint density at radius 1 is 0.758 bits per heavy atom. The summed E-state index contributed by atoms with van der Waals surface area (Å²) < 4.78 is 27.0. The minimum atomic E-state index is -2.24. The van der Waals surface area contributed by atoms with Gasteiger partial charge in [0.25, 0.3) is 0 Å². The molecular weight excluding hydrogens is 493 g/mol. The van der Waals surface area contributed by atoms with E-state index < -0.39 is 11.1 Å². The lowest BCUT2D eigenvalue weighted by Crippen LogP contribution is -2.04. The highest BCUT2D eigenvalue weighted by atomic mass is 32.2. The van der Waals surface area contributed by atoms with Crippen molar-refractivity contribution in [3.8, 4) is 5.75 Å². The number of hydrogen-bond acceptors (Lipinski definition) is 6. The van der Waals surface area contributed by atoms with Crippen molar-refractivity contribution in [1.29, 1.82) is 0 Å². The van der Waals surface area contributed by atoms with Crippen LogP contribution in [0.4, 0.5) is 0 Å². The van der Waals surface area contributed by atoms with Gasteiger partial charge in [-0.3, -0.25) is 4.79 Å². The molecule has 4 nitrogen and oxygen atoms in total. The Morgan fingerprint density at radius 2 is 1.27 bits per heavy atom. The van der Waals surface area contributed by atoms with Gasteiger partial charge in [0, 0.05) is 38.7 Å². The fourth-order valence-corrected chi connectivity index (χ4v) is 5.82. The summed E-state index contributed by atoms with van der Waals surface area (Å²) in [5.74, 6) is 0.182. The number of benzene rings is 4. The molecule has 33 heavy (non-hydrogen) atoms. The van der Waals surface area contributed by atoms with Crippen LogP contribution in [0.3, 0.4) is 0 Å². The normalized spacial score (nSPS) is 11.7. The summed E-state index contributed by atoms with van der Waals surface area (Å²) in [6, 6.07) is 29.3. The third kappa shape index (κ3) is 5.90. The minimum absolute atomic E-state index is 0.191. The summed E-state index contributed by atoms with van der Waals surface area (Å²) >= 11 is 4.58. The molecule has 0 heterocycles. The van der Waals surface area contributed by atoms with Gasteiger partial charge in [-0.15, -0.1) is 0 Å².